The number of nitrogens with zero attached hydrogens (tertiary/aromatic N) is 4. The van der Waals surface area contributed by atoms with Crippen LogP contribution in [-0.4, -0.2) is 19.5 Å². The van der Waals surface area contributed by atoms with Gasteiger partial charge in [0.05, 0.1) is 16.4 Å². The van der Waals surface area contributed by atoms with Crippen molar-refractivity contribution in [1.29, 1.82) is 0 Å². The standard InChI is InChI=1S/C64H42N4/c1-6-20-43(21-7-1)44-34-36-46(37-35-44)62-65-61(45-22-8-2-9-23-45)66-63(67-62)56-42-58-55(51-30-16-18-32-57(51)64(58,48-24-10-3-11-25-48)49-26-12-4-13-27-49)41-54(56)47-38-39-53-52-31-17-19-33-59(52)68(60(53)40-47)50-28-14-5-15-29-50/h1-42H. The van der Waals surface area contributed by atoms with Gasteiger partial charge in [0.1, 0.15) is 0 Å². The van der Waals surface area contributed by atoms with E-state index in [1.807, 2.05) is 24.3 Å². The van der Waals surface area contributed by atoms with Crippen molar-refractivity contribution in [2.45, 2.75) is 5.41 Å². The van der Waals surface area contributed by atoms with Crippen molar-refractivity contribution < 1.29 is 0 Å². The molecular weight excluding hydrogens is 825 g/mol. The van der Waals surface area contributed by atoms with E-state index in [1.165, 1.54) is 44.2 Å². The molecule has 0 atom stereocenters. The summed E-state index contributed by atoms with van der Waals surface area (Å²) in [6, 6.07) is 91.3. The summed E-state index contributed by atoms with van der Waals surface area (Å²) in [5.41, 5.74) is 17.2. The highest BCUT2D eigenvalue weighted by atomic mass is 15.0. The van der Waals surface area contributed by atoms with Crippen LogP contribution in [0.15, 0.2) is 255 Å². The molecule has 0 amide bonds. The van der Waals surface area contributed by atoms with Crippen LogP contribution in [-0.2, 0) is 5.41 Å². The maximum atomic E-state index is 5.49. The third-order valence-electron chi connectivity index (χ3n) is 13.8. The van der Waals surface area contributed by atoms with Crippen LogP contribution in [0, 0.1) is 0 Å². The molecule has 2 aromatic heterocycles. The topological polar surface area (TPSA) is 43.6 Å². The highest BCUT2D eigenvalue weighted by molar-refractivity contribution is 6.10. The second-order valence-corrected chi connectivity index (χ2v) is 17.5. The molecule has 0 radical (unpaired) electrons. The van der Waals surface area contributed by atoms with Gasteiger partial charge in [-0.3, -0.25) is 0 Å². The van der Waals surface area contributed by atoms with Crippen LogP contribution in [0.1, 0.15) is 22.3 Å². The van der Waals surface area contributed by atoms with Crippen LogP contribution >= 0.6 is 0 Å². The zero-order chi connectivity index (χ0) is 45.0. The first-order valence-electron chi connectivity index (χ1n) is 23.2. The monoisotopic (exact) mass is 866 g/mol. The molecule has 1 aliphatic rings. The molecule has 2 heterocycles. The first-order chi connectivity index (χ1) is 33.7. The van der Waals surface area contributed by atoms with Gasteiger partial charge >= 0.3 is 0 Å². The van der Waals surface area contributed by atoms with Crippen LogP contribution in [0.2, 0.25) is 0 Å². The third kappa shape index (κ3) is 6.34. The maximum absolute atomic E-state index is 5.49. The van der Waals surface area contributed by atoms with E-state index in [-0.39, 0.29) is 0 Å². The predicted octanol–water partition coefficient (Wildman–Crippen LogP) is 15.7. The van der Waals surface area contributed by atoms with Crippen LogP contribution in [0.5, 0.6) is 0 Å². The fourth-order valence-electron chi connectivity index (χ4n) is 10.7. The Morgan fingerprint density at radius 3 is 1.44 bits per heavy atom. The summed E-state index contributed by atoms with van der Waals surface area (Å²) in [5, 5.41) is 2.41. The van der Waals surface area contributed by atoms with Gasteiger partial charge in [-0.2, -0.15) is 0 Å². The lowest BCUT2D eigenvalue weighted by Gasteiger charge is -2.34. The molecule has 0 N–H and O–H groups in total. The Morgan fingerprint density at radius 2 is 0.765 bits per heavy atom. The molecule has 0 saturated carbocycles. The maximum Gasteiger partial charge on any atom is 0.164 e. The number of fused-ring (bicyclic) bond motifs is 6. The van der Waals surface area contributed by atoms with Gasteiger partial charge in [-0.25, -0.2) is 15.0 Å². The summed E-state index contributed by atoms with van der Waals surface area (Å²) >= 11 is 0. The van der Waals surface area contributed by atoms with E-state index in [2.05, 4.69) is 235 Å². The summed E-state index contributed by atoms with van der Waals surface area (Å²) < 4.78 is 2.39. The average Bonchev–Trinajstić information content (AvgIpc) is 3.91. The van der Waals surface area contributed by atoms with Gasteiger partial charge < -0.3 is 4.57 Å². The summed E-state index contributed by atoms with van der Waals surface area (Å²) in [7, 11) is 0. The lowest BCUT2D eigenvalue weighted by atomic mass is 9.67. The molecule has 13 rings (SSSR count). The largest absolute Gasteiger partial charge is 0.309 e. The van der Waals surface area contributed by atoms with Gasteiger partial charge in [0.2, 0.25) is 0 Å². The molecule has 0 unspecified atom stereocenters. The van der Waals surface area contributed by atoms with Crippen LogP contribution in [0.25, 0.3) is 95.0 Å². The normalized spacial score (nSPS) is 12.5. The summed E-state index contributed by atoms with van der Waals surface area (Å²) in [6.45, 7) is 0. The molecule has 10 aromatic carbocycles. The Morgan fingerprint density at radius 1 is 0.279 bits per heavy atom. The van der Waals surface area contributed by atoms with E-state index in [0.717, 1.165) is 55.7 Å². The first kappa shape index (κ1) is 39.4. The quantitative estimate of drug-likeness (QED) is 0.153. The van der Waals surface area contributed by atoms with Gasteiger partial charge in [-0.1, -0.05) is 218 Å². The Balaban J connectivity index is 1.12. The van der Waals surface area contributed by atoms with Crippen molar-refractivity contribution in [1.82, 2.24) is 19.5 Å². The van der Waals surface area contributed by atoms with Crippen molar-refractivity contribution in [2.75, 3.05) is 0 Å². The summed E-state index contributed by atoms with van der Waals surface area (Å²) in [5.74, 6) is 1.83. The molecule has 0 bridgehead atoms. The summed E-state index contributed by atoms with van der Waals surface area (Å²) in [6.07, 6.45) is 0. The average molecular weight is 867 g/mol. The zero-order valence-corrected chi connectivity index (χ0v) is 37.0. The van der Waals surface area contributed by atoms with E-state index in [9.17, 15) is 0 Å². The molecule has 318 valence electrons. The molecule has 0 spiro atoms. The van der Waals surface area contributed by atoms with Crippen molar-refractivity contribution in [2.24, 2.45) is 0 Å². The van der Waals surface area contributed by atoms with Crippen LogP contribution in [0.4, 0.5) is 0 Å². The molecule has 0 saturated heterocycles. The Kier molecular flexibility index (Phi) is 9.36. The minimum Gasteiger partial charge on any atom is -0.309 e. The second kappa shape index (κ2) is 16.2. The number of rotatable bonds is 8. The van der Waals surface area contributed by atoms with E-state index in [0.29, 0.717) is 17.5 Å². The van der Waals surface area contributed by atoms with Gasteiger partial charge in [0.25, 0.3) is 0 Å². The number of benzene rings is 10. The SMILES string of the molecule is c1ccc(-c2ccc(-c3nc(-c4ccccc4)nc(-c4cc5c(cc4-c4ccc6c7ccccc7n(-c7ccccc7)c6c4)-c4ccccc4C5(c4ccccc4)c4ccccc4)n3)cc2)cc1. The smallest absolute Gasteiger partial charge is 0.164 e. The van der Waals surface area contributed by atoms with E-state index >= 15 is 0 Å². The minimum atomic E-state index is -0.628. The molecule has 1 aliphatic carbocycles. The predicted molar refractivity (Wildman–Crippen MR) is 279 cm³/mol. The molecule has 4 nitrogen and oxygen atoms in total. The van der Waals surface area contributed by atoms with Gasteiger partial charge in [0.15, 0.2) is 17.5 Å². The lowest BCUT2D eigenvalue weighted by Crippen LogP contribution is -2.28. The van der Waals surface area contributed by atoms with E-state index < -0.39 is 5.41 Å². The zero-order valence-electron chi connectivity index (χ0n) is 37.0. The van der Waals surface area contributed by atoms with E-state index in [4.69, 9.17) is 15.0 Å². The fourth-order valence-corrected chi connectivity index (χ4v) is 10.7. The Hall–Kier alpha value is -8.99. The van der Waals surface area contributed by atoms with Gasteiger partial charge in [-0.05, 0) is 92.0 Å². The molecular formula is C64H42N4. The highest BCUT2D eigenvalue weighted by Crippen LogP contribution is 2.58. The van der Waals surface area contributed by atoms with Crippen LogP contribution < -0.4 is 0 Å². The third-order valence-corrected chi connectivity index (χ3v) is 13.8. The molecule has 68 heavy (non-hydrogen) atoms. The Bertz CT molecular complexity index is 3770. The van der Waals surface area contributed by atoms with Crippen molar-refractivity contribution in [3.63, 3.8) is 0 Å². The molecule has 0 aliphatic heterocycles. The molecule has 0 fully saturated rings. The lowest BCUT2D eigenvalue weighted by molar-refractivity contribution is 0.768. The number of aromatic nitrogens is 4. The Labute approximate surface area is 395 Å². The minimum absolute atomic E-state index is 0.605. The number of hydrogen-bond donors (Lipinski definition) is 0. The fraction of sp³-hybridized carbons (Fsp3) is 0.0156. The van der Waals surface area contributed by atoms with Crippen molar-refractivity contribution in [3.8, 4) is 73.2 Å². The number of hydrogen-bond acceptors (Lipinski definition) is 3. The van der Waals surface area contributed by atoms with Gasteiger partial charge in [0, 0.05) is 33.2 Å². The number of para-hydroxylation sites is 2. The summed E-state index contributed by atoms with van der Waals surface area (Å²) in [4.78, 5) is 16.2. The van der Waals surface area contributed by atoms with Crippen LogP contribution in [0.3, 0.4) is 0 Å². The van der Waals surface area contributed by atoms with E-state index in [1.54, 1.807) is 0 Å². The van der Waals surface area contributed by atoms with Crippen molar-refractivity contribution in [3.05, 3.63) is 277 Å². The molecule has 4 heteroatoms. The van der Waals surface area contributed by atoms with Gasteiger partial charge in [-0.15, -0.1) is 0 Å². The first-order valence-corrected chi connectivity index (χ1v) is 23.2. The highest BCUT2D eigenvalue weighted by Gasteiger charge is 2.46. The second-order valence-electron chi connectivity index (χ2n) is 17.5. The van der Waals surface area contributed by atoms with Crippen molar-refractivity contribution >= 4 is 21.8 Å². The molecule has 12 aromatic rings.